The van der Waals surface area contributed by atoms with Gasteiger partial charge in [0.2, 0.25) is 0 Å². The molecule has 0 atom stereocenters. The molecule has 0 saturated heterocycles. The molecular formula is C27H27N3O4. The topological polar surface area (TPSA) is 65.8 Å². The third kappa shape index (κ3) is 4.73. The second-order valence-electron chi connectivity index (χ2n) is 7.75. The van der Waals surface area contributed by atoms with Crippen molar-refractivity contribution in [2.45, 2.75) is 6.54 Å². The molecule has 1 amide bonds. The quantitative estimate of drug-likeness (QED) is 0.379. The number of para-hydroxylation sites is 1. The highest BCUT2D eigenvalue weighted by Crippen LogP contribution is 2.34. The molecule has 1 aromatic heterocycles. The summed E-state index contributed by atoms with van der Waals surface area (Å²) < 4.78 is 17.9. The van der Waals surface area contributed by atoms with Gasteiger partial charge in [-0.2, -0.15) is 5.10 Å². The predicted octanol–water partition coefficient (Wildman–Crippen LogP) is 4.84. The number of nitrogens with zero attached hydrogens (tertiary/aromatic N) is 3. The van der Waals surface area contributed by atoms with Crippen molar-refractivity contribution in [1.29, 1.82) is 0 Å². The summed E-state index contributed by atoms with van der Waals surface area (Å²) in [5.41, 5.74) is 3.68. The normalized spacial score (nSPS) is 10.6. The molecule has 7 nitrogen and oxygen atoms in total. The van der Waals surface area contributed by atoms with Crippen molar-refractivity contribution in [2.24, 2.45) is 0 Å². The average molecular weight is 458 g/mol. The Balaban J connectivity index is 1.74. The van der Waals surface area contributed by atoms with Crippen LogP contribution in [0.5, 0.6) is 17.2 Å². The standard InChI is InChI=1S/C27H27N3O4/c1-29(17-19-9-8-12-22(15-19)32-2)27(31)26-23(18-30(28-26)21-10-6-5-7-11-21)20-13-14-24(33-3)25(16-20)34-4/h5-16,18H,17H2,1-4H3. The number of rotatable bonds is 8. The molecule has 0 radical (unpaired) electrons. The van der Waals surface area contributed by atoms with Gasteiger partial charge in [-0.3, -0.25) is 4.79 Å². The summed E-state index contributed by atoms with van der Waals surface area (Å²) in [6.07, 6.45) is 1.86. The van der Waals surface area contributed by atoms with Gasteiger partial charge in [0.15, 0.2) is 17.2 Å². The molecule has 4 aromatic rings. The van der Waals surface area contributed by atoms with E-state index in [0.717, 1.165) is 22.6 Å². The molecule has 0 aliphatic rings. The van der Waals surface area contributed by atoms with Crippen LogP contribution in [0.15, 0.2) is 79.0 Å². The third-order valence-electron chi connectivity index (χ3n) is 5.53. The number of benzene rings is 3. The maximum Gasteiger partial charge on any atom is 0.275 e. The minimum atomic E-state index is -0.192. The Morgan fingerprint density at radius 3 is 2.35 bits per heavy atom. The maximum atomic E-state index is 13.6. The molecule has 0 fully saturated rings. The van der Waals surface area contributed by atoms with Gasteiger partial charge in [-0.25, -0.2) is 4.68 Å². The van der Waals surface area contributed by atoms with Crippen molar-refractivity contribution >= 4 is 5.91 Å². The monoisotopic (exact) mass is 457 g/mol. The minimum absolute atomic E-state index is 0.192. The molecule has 1 heterocycles. The Kier molecular flexibility index (Phi) is 6.82. The van der Waals surface area contributed by atoms with Crippen molar-refractivity contribution in [3.63, 3.8) is 0 Å². The molecule has 174 valence electrons. The number of amides is 1. The van der Waals surface area contributed by atoms with Crippen LogP contribution in [0.1, 0.15) is 16.1 Å². The molecule has 0 spiro atoms. The molecule has 34 heavy (non-hydrogen) atoms. The van der Waals surface area contributed by atoms with Crippen molar-refractivity contribution in [2.75, 3.05) is 28.4 Å². The lowest BCUT2D eigenvalue weighted by Crippen LogP contribution is -2.27. The van der Waals surface area contributed by atoms with Crippen LogP contribution in [-0.4, -0.2) is 49.0 Å². The highest BCUT2D eigenvalue weighted by Gasteiger charge is 2.23. The van der Waals surface area contributed by atoms with Gasteiger partial charge >= 0.3 is 0 Å². The highest BCUT2D eigenvalue weighted by molar-refractivity contribution is 5.99. The second kappa shape index (κ2) is 10.1. The van der Waals surface area contributed by atoms with Crippen molar-refractivity contribution in [3.8, 4) is 34.1 Å². The van der Waals surface area contributed by atoms with E-state index in [-0.39, 0.29) is 5.91 Å². The number of hydrogen-bond acceptors (Lipinski definition) is 5. The van der Waals surface area contributed by atoms with Crippen LogP contribution in [0.3, 0.4) is 0 Å². The van der Waals surface area contributed by atoms with Gasteiger partial charge in [0.25, 0.3) is 5.91 Å². The number of carbonyl (C=O) groups is 1. The second-order valence-corrected chi connectivity index (χ2v) is 7.75. The van der Waals surface area contributed by atoms with Crippen LogP contribution in [0.4, 0.5) is 0 Å². The summed E-state index contributed by atoms with van der Waals surface area (Å²) in [5.74, 6) is 1.75. The Labute approximate surface area is 199 Å². The number of methoxy groups -OCH3 is 3. The first kappa shape index (κ1) is 22.9. The van der Waals surface area contributed by atoms with Crippen LogP contribution >= 0.6 is 0 Å². The molecule has 4 rings (SSSR count). The zero-order chi connectivity index (χ0) is 24.1. The summed E-state index contributed by atoms with van der Waals surface area (Å²) in [6, 6.07) is 22.9. The van der Waals surface area contributed by atoms with Crippen molar-refractivity contribution in [3.05, 3.63) is 90.3 Å². The fourth-order valence-corrected chi connectivity index (χ4v) is 3.76. The predicted molar refractivity (Wildman–Crippen MR) is 131 cm³/mol. The summed E-state index contributed by atoms with van der Waals surface area (Å²) in [6.45, 7) is 0.416. The minimum Gasteiger partial charge on any atom is -0.497 e. The SMILES string of the molecule is COc1cccc(CN(C)C(=O)c2nn(-c3ccccc3)cc2-c2ccc(OC)c(OC)c2)c1. The van der Waals surface area contributed by atoms with E-state index in [9.17, 15) is 4.79 Å². The van der Waals surface area contributed by atoms with Gasteiger partial charge in [0.1, 0.15) is 5.75 Å². The lowest BCUT2D eigenvalue weighted by molar-refractivity contribution is 0.0779. The van der Waals surface area contributed by atoms with E-state index in [0.29, 0.717) is 29.3 Å². The van der Waals surface area contributed by atoms with E-state index in [1.54, 1.807) is 38.0 Å². The average Bonchev–Trinajstić information content (AvgIpc) is 3.34. The summed E-state index contributed by atoms with van der Waals surface area (Å²) in [4.78, 5) is 15.2. The van der Waals surface area contributed by atoms with E-state index in [1.165, 1.54) is 0 Å². The molecule has 0 unspecified atom stereocenters. The lowest BCUT2D eigenvalue weighted by Gasteiger charge is -2.17. The Hall–Kier alpha value is -4.26. The maximum absolute atomic E-state index is 13.6. The van der Waals surface area contributed by atoms with Crippen molar-refractivity contribution < 1.29 is 19.0 Å². The Morgan fingerprint density at radius 2 is 1.65 bits per heavy atom. The van der Waals surface area contributed by atoms with Crippen molar-refractivity contribution in [1.82, 2.24) is 14.7 Å². The molecule has 7 heteroatoms. The molecular weight excluding hydrogens is 430 g/mol. The molecule has 0 aliphatic carbocycles. The van der Waals surface area contributed by atoms with Gasteiger partial charge in [-0.1, -0.05) is 36.4 Å². The van der Waals surface area contributed by atoms with Crippen LogP contribution in [0.2, 0.25) is 0 Å². The van der Waals surface area contributed by atoms with E-state index < -0.39 is 0 Å². The smallest absolute Gasteiger partial charge is 0.275 e. The summed E-state index contributed by atoms with van der Waals surface area (Å²) in [7, 11) is 6.57. The van der Waals surface area contributed by atoms with Crippen LogP contribution < -0.4 is 14.2 Å². The number of aromatic nitrogens is 2. The fourth-order valence-electron chi connectivity index (χ4n) is 3.76. The summed E-state index contributed by atoms with van der Waals surface area (Å²) in [5, 5.41) is 4.68. The summed E-state index contributed by atoms with van der Waals surface area (Å²) >= 11 is 0. The lowest BCUT2D eigenvalue weighted by atomic mass is 10.0. The van der Waals surface area contributed by atoms with E-state index in [4.69, 9.17) is 14.2 Å². The zero-order valence-corrected chi connectivity index (χ0v) is 19.7. The van der Waals surface area contributed by atoms with Gasteiger partial charge < -0.3 is 19.1 Å². The Morgan fingerprint density at radius 1 is 0.882 bits per heavy atom. The zero-order valence-electron chi connectivity index (χ0n) is 19.7. The Bertz CT molecular complexity index is 1280. The fraction of sp³-hybridized carbons (Fsp3) is 0.185. The highest BCUT2D eigenvalue weighted by atomic mass is 16.5. The van der Waals surface area contributed by atoms with Gasteiger partial charge in [-0.15, -0.1) is 0 Å². The third-order valence-corrected chi connectivity index (χ3v) is 5.53. The first-order valence-corrected chi connectivity index (χ1v) is 10.8. The van der Waals surface area contributed by atoms with Gasteiger partial charge in [0, 0.05) is 25.4 Å². The van der Waals surface area contributed by atoms with E-state index >= 15 is 0 Å². The first-order chi connectivity index (χ1) is 16.5. The van der Waals surface area contributed by atoms with Crippen LogP contribution in [0, 0.1) is 0 Å². The van der Waals surface area contributed by atoms with Crippen LogP contribution in [0.25, 0.3) is 16.8 Å². The van der Waals surface area contributed by atoms with Gasteiger partial charge in [-0.05, 0) is 47.5 Å². The molecule has 0 bridgehead atoms. The largest absolute Gasteiger partial charge is 0.497 e. The number of hydrogen-bond donors (Lipinski definition) is 0. The molecule has 0 saturated carbocycles. The molecule has 3 aromatic carbocycles. The van der Waals surface area contributed by atoms with E-state index in [2.05, 4.69) is 5.10 Å². The number of carbonyl (C=O) groups excluding carboxylic acids is 1. The molecule has 0 aliphatic heterocycles. The molecule has 0 N–H and O–H groups in total. The first-order valence-electron chi connectivity index (χ1n) is 10.8. The van der Waals surface area contributed by atoms with Crippen LogP contribution in [-0.2, 0) is 6.54 Å². The number of ether oxygens (including phenoxy) is 3. The van der Waals surface area contributed by atoms with E-state index in [1.807, 2.05) is 79.0 Å². The van der Waals surface area contributed by atoms with Gasteiger partial charge in [0.05, 0.1) is 27.0 Å².